The van der Waals surface area contributed by atoms with E-state index in [1.54, 1.807) is 6.92 Å². The molecule has 0 N–H and O–H groups in total. The molecule has 0 aliphatic carbocycles. The van der Waals surface area contributed by atoms with Crippen molar-refractivity contribution in [3.05, 3.63) is 22.4 Å². The van der Waals surface area contributed by atoms with Gasteiger partial charge in [0.1, 0.15) is 6.29 Å². The Morgan fingerprint density at radius 2 is 2.40 bits per heavy atom. The lowest BCUT2D eigenvalue weighted by Gasteiger charge is -2.09. The second-order valence-corrected chi connectivity index (χ2v) is 5.61. The van der Waals surface area contributed by atoms with Crippen molar-refractivity contribution in [3.63, 3.8) is 0 Å². The Morgan fingerprint density at radius 1 is 1.73 bits per heavy atom. The molecule has 0 saturated heterocycles. The second-order valence-electron chi connectivity index (χ2n) is 3.04. The van der Waals surface area contributed by atoms with Crippen LogP contribution in [-0.4, -0.2) is 28.0 Å². The number of hydrogen-bond acceptors (Lipinski definition) is 5. The molecule has 0 aliphatic heterocycles. The third-order valence-corrected chi connectivity index (χ3v) is 3.23. The van der Waals surface area contributed by atoms with Gasteiger partial charge in [-0.3, -0.25) is 4.57 Å². The van der Waals surface area contributed by atoms with E-state index >= 15 is 0 Å². The lowest BCUT2D eigenvalue weighted by Crippen LogP contribution is -2.02. The van der Waals surface area contributed by atoms with Gasteiger partial charge in [0.2, 0.25) is 7.37 Å². The zero-order valence-electron chi connectivity index (χ0n) is 8.49. The van der Waals surface area contributed by atoms with Crippen LogP contribution >= 0.6 is 7.37 Å². The summed E-state index contributed by atoms with van der Waals surface area (Å²) in [6.07, 6.45) is 1.46. The average molecular weight is 233 g/mol. The van der Waals surface area contributed by atoms with Crippen LogP contribution in [0.4, 0.5) is 5.82 Å². The SMILES string of the molecule is CCOP(C)(=O)Cn1ccc([N+](=O)[O-])n1. The third kappa shape index (κ3) is 3.45. The minimum Gasteiger partial charge on any atom is -0.358 e. The van der Waals surface area contributed by atoms with E-state index in [9.17, 15) is 14.7 Å². The highest BCUT2D eigenvalue weighted by molar-refractivity contribution is 7.57. The first-order chi connectivity index (χ1) is 6.94. The molecule has 84 valence electrons. The largest absolute Gasteiger partial charge is 0.389 e. The lowest BCUT2D eigenvalue weighted by molar-refractivity contribution is -0.389. The molecular formula is C7H12N3O4P. The zero-order chi connectivity index (χ0) is 11.5. The van der Waals surface area contributed by atoms with Gasteiger partial charge < -0.3 is 14.6 Å². The fourth-order valence-electron chi connectivity index (χ4n) is 1.10. The molecule has 0 aliphatic rings. The summed E-state index contributed by atoms with van der Waals surface area (Å²) in [5.74, 6) is -0.258. The maximum atomic E-state index is 11.7. The molecule has 0 bridgehead atoms. The molecular weight excluding hydrogens is 221 g/mol. The molecule has 1 unspecified atom stereocenters. The van der Waals surface area contributed by atoms with E-state index in [-0.39, 0.29) is 12.1 Å². The Hall–Kier alpha value is -1.20. The van der Waals surface area contributed by atoms with Crippen LogP contribution in [0.2, 0.25) is 0 Å². The van der Waals surface area contributed by atoms with Crippen molar-refractivity contribution in [1.29, 1.82) is 0 Å². The van der Waals surface area contributed by atoms with Crippen LogP contribution < -0.4 is 0 Å². The molecule has 1 heterocycles. The smallest absolute Gasteiger partial charge is 0.358 e. The summed E-state index contributed by atoms with van der Waals surface area (Å²) in [6, 6.07) is 1.26. The van der Waals surface area contributed by atoms with E-state index in [0.29, 0.717) is 6.61 Å². The Labute approximate surface area is 86.6 Å². The molecule has 0 saturated carbocycles. The van der Waals surface area contributed by atoms with Crippen LogP contribution in [0, 0.1) is 10.1 Å². The summed E-state index contributed by atoms with van der Waals surface area (Å²) in [5.41, 5.74) is 0. The van der Waals surface area contributed by atoms with Gasteiger partial charge >= 0.3 is 5.82 Å². The maximum Gasteiger partial charge on any atom is 0.389 e. The number of nitro groups is 1. The predicted molar refractivity (Wildman–Crippen MR) is 54.0 cm³/mol. The Morgan fingerprint density at radius 3 is 2.87 bits per heavy atom. The van der Waals surface area contributed by atoms with Gasteiger partial charge in [0.15, 0.2) is 0 Å². The Balaban J connectivity index is 2.73. The van der Waals surface area contributed by atoms with Gasteiger partial charge in [-0.15, -0.1) is 0 Å². The number of rotatable bonds is 5. The monoisotopic (exact) mass is 233 g/mol. The third-order valence-electron chi connectivity index (χ3n) is 1.62. The van der Waals surface area contributed by atoms with E-state index in [1.807, 2.05) is 0 Å². The molecule has 7 nitrogen and oxygen atoms in total. The van der Waals surface area contributed by atoms with Crippen LogP contribution in [0.1, 0.15) is 6.92 Å². The Kier molecular flexibility index (Phi) is 3.60. The van der Waals surface area contributed by atoms with Gasteiger partial charge in [-0.2, -0.15) is 4.68 Å². The molecule has 0 radical (unpaired) electrons. The predicted octanol–water partition coefficient (Wildman–Crippen LogP) is 1.69. The van der Waals surface area contributed by atoms with Gasteiger partial charge in [-0.05, 0) is 11.8 Å². The minimum absolute atomic E-state index is 0.0503. The summed E-state index contributed by atoms with van der Waals surface area (Å²) >= 11 is 0. The van der Waals surface area contributed by atoms with Gasteiger partial charge in [0.25, 0.3) is 0 Å². The number of hydrogen-bond donors (Lipinski definition) is 0. The summed E-state index contributed by atoms with van der Waals surface area (Å²) in [7, 11) is -2.75. The highest BCUT2D eigenvalue weighted by Crippen LogP contribution is 2.43. The van der Waals surface area contributed by atoms with Gasteiger partial charge in [0.05, 0.1) is 24.0 Å². The number of nitrogens with zero attached hydrogens (tertiary/aromatic N) is 3. The summed E-state index contributed by atoms with van der Waals surface area (Å²) < 4.78 is 18.0. The van der Waals surface area contributed by atoms with Crippen molar-refractivity contribution < 1.29 is 14.0 Å². The maximum absolute atomic E-state index is 11.7. The molecule has 1 atom stereocenters. The summed E-state index contributed by atoms with van der Waals surface area (Å²) in [6.45, 7) is 3.56. The van der Waals surface area contributed by atoms with E-state index in [2.05, 4.69) is 5.10 Å². The molecule has 0 fully saturated rings. The van der Waals surface area contributed by atoms with Crippen molar-refractivity contribution in [3.8, 4) is 0 Å². The number of aromatic nitrogens is 2. The van der Waals surface area contributed by atoms with Gasteiger partial charge in [-0.1, -0.05) is 0 Å². The quantitative estimate of drug-likeness (QED) is 0.438. The first-order valence-electron chi connectivity index (χ1n) is 4.33. The topological polar surface area (TPSA) is 87.3 Å². The van der Waals surface area contributed by atoms with Crippen molar-refractivity contribution in [1.82, 2.24) is 9.78 Å². The van der Waals surface area contributed by atoms with Gasteiger partial charge in [0, 0.05) is 6.66 Å². The molecule has 0 spiro atoms. The molecule has 0 amide bonds. The van der Waals surface area contributed by atoms with E-state index in [4.69, 9.17) is 4.52 Å². The lowest BCUT2D eigenvalue weighted by atomic mass is 10.7. The van der Waals surface area contributed by atoms with E-state index in [1.165, 1.54) is 23.6 Å². The molecule has 1 aromatic rings. The highest BCUT2D eigenvalue weighted by Gasteiger charge is 2.20. The molecule has 15 heavy (non-hydrogen) atoms. The van der Waals surface area contributed by atoms with Crippen LogP contribution in [0.15, 0.2) is 12.3 Å². The standard InChI is InChI=1S/C7H12N3O4P/c1-3-14-15(2,13)6-9-5-4-7(8-9)10(11)12/h4-5H,3,6H2,1-2H3. The fourth-order valence-corrected chi connectivity index (χ4v) is 2.42. The van der Waals surface area contributed by atoms with Crippen LogP contribution in [0.3, 0.4) is 0 Å². The average Bonchev–Trinajstić information content (AvgIpc) is 2.51. The molecule has 8 heteroatoms. The summed E-state index contributed by atoms with van der Waals surface area (Å²) in [5, 5.41) is 14.0. The summed E-state index contributed by atoms with van der Waals surface area (Å²) in [4.78, 5) is 9.74. The van der Waals surface area contributed by atoms with Gasteiger partial charge in [-0.25, -0.2) is 0 Å². The second kappa shape index (κ2) is 4.55. The van der Waals surface area contributed by atoms with Crippen LogP contribution in [0.5, 0.6) is 0 Å². The highest BCUT2D eigenvalue weighted by atomic mass is 31.2. The molecule has 1 rings (SSSR count). The van der Waals surface area contributed by atoms with E-state index in [0.717, 1.165) is 0 Å². The first kappa shape index (κ1) is 11.9. The normalized spacial score (nSPS) is 14.8. The minimum atomic E-state index is -2.75. The Bertz CT molecular complexity index is 403. The van der Waals surface area contributed by atoms with Crippen molar-refractivity contribution >= 4 is 13.2 Å². The molecule has 1 aromatic heterocycles. The molecule has 0 aromatic carbocycles. The fraction of sp³-hybridized carbons (Fsp3) is 0.571. The van der Waals surface area contributed by atoms with Crippen molar-refractivity contribution in [2.24, 2.45) is 0 Å². The van der Waals surface area contributed by atoms with Crippen molar-refractivity contribution in [2.45, 2.75) is 13.2 Å². The van der Waals surface area contributed by atoms with E-state index < -0.39 is 12.3 Å². The van der Waals surface area contributed by atoms with Crippen molar-refractivity contribution in [2.75, 3.05) is 13.3 Å². The zero-order valence-corrected chi connectivity index (χ0v) is 9.39. The first-order valence-corrected chi connectivity index (χ1v) is 6.59. The van der Waals surface area contributed by atoms with Crippen LogP contribution in [0.25, 0.3) is 0 Å². The van der Waals surface area contributed by atoms with Crippen LogP contribution in [-0.2, 0) is 15.4 Å².